The lowest BCUT2D eigenvalue weighted by atomic mass is 10.1. The van der Waals surface area contributed by atoms with E-state index in [9.17, 15) is 45.8 Å². The van der Waals surface area contributed by atoms with Crippen LogP contribution in [0.2, 0.25) is 0 Å². The van der Waals surface area contributed by atoms with E-state index in [4.69, 9.17) is 4.42 Å². The minimum Gasteiger partial charge on any atom is -0.480 e. The molecule has 1 fully saturated rings. The predicted octanol–water partition coefficient (Wildman–Crippen LogP) is 4.87. The van der Waals surface area contributed by atoms with Crippen LogP contribution in [-0.2, 0) is 36.8 Å². The summed E-state index contributed by atoms with van der Waals surface area (Å²) in [5, 5.41) is 12.1. The number of rotatable bonds is 11. The van der Waals surface area contributed by atoms with Crippen molar-refractivity contribution in [2.45, 2.75) is 45.0 Å². The fourth-order valence-corrected chi connectivity index (χ4v) is 5.97. The fraction of sp³-hybridized carbons (Fsp3) is 0.364. The number of halogens is 7. The van der Waals surface area contributed by atoms with Crippen LogP contribution in [0.25, 0.3) is 0 Å². The van der Waals surface area contributed by atoms with E-state index in [0.29, 0.717) is 11.6 Å². The maximum atomic E-state index is 15.0. The van der Waals surface area contributed by atoms with E-state index < -0.39 is 78.0 Å². The Morgan fingerprint density at radius 2 is 1.56 bits per heavy atom. The van der Waals surface area contributed by atoms with Crippen LogP contribution in [0.3, 0.4) is 0 Å². The van der Waals surface area contributed by atoms with Crippen LogP contribution in [0, 0.1) is 12.7 Å². The number of aromatic nitrogens is 2. The average Bonchev–Trinajstić information content (AvgIpc) is 3.53. The van der Waals surface area contributed by atoms with E-state index in [1.54, 1.807) is 40.1 Å². The van der Waals surface area contributed by atoms with Gasteiger partial charge in [-0.15, -0.1) is 0 Å². The SMILES string of the molecule is Cc1c(N2CCN(Cc3ccc(C(F)(F)F)o3)CC2)c(=O)n(C[C@H](NCC(=O)O)c2ccccc2)c(=O)n1Cc1c(F)cccc1C(F)(F)F. The number of carboxylic acid groups (broad SMARTS) is 1. The second kappa shape index (κ2) is 14.5. The first-order chi connectivity index (χ1) is 23.5. The quantitative estimate of drug-likeness (QED) is 0.212. The minimum atomic E-state index is -4.96. The molecule has 5 rings (SSSR count). The lowest BCUT2D eigenvalue weighted by Gasteiger charge is -2.36. The molecule has 10 nitrogen and oxygen atoms in total. The number of anilines is 1. The summed E-state index contributed by atoms with van der Waals surface area (Å²) in [6.07, 6.45) is -9.61. The second-order valence-electron chi connectivity index (χ2n) is 11.7. The van der Waals surface area contributed by atoms with Crippen molar-refractivity contribution in [3.63, 3.8) is 0 Å². The van der Waals surface area contributed by atoms with Gasteiger partial charge in [0.15, 0.2) is 0 Å². The Balaban J connectivity index is 1.55. The van der Waals surface area contributed by atoms with E-state index in [-0.39, 0.29) is 49.9 Å². The number of hydrogen-bond donors (Lipinski definition) is 2. The summed E-state index contributed by atoms with van der Waals surface area (Å²) in [4.78, 5) is 43.0. The van der Waals surface area contributed by atoms with Gasteiger partial charge in [0.05, 0.1) is 37.8 Å². The van der Waals surface area contributed by atoms with Crippen LogP contribution in [0.5, 0.6) is 0 Å². The molecule has 0 amide bonds. The molecule has 0 aliphatic carbocycles. The monoisotopic (exact) mass is 711 g/mol. The molecule has 268 valence electrons. The predicted molar refractivity (Wildman–Crippen MR) is 166 cm³/mol. The van der Waals surface area contributed by atoms with Gasteiger partial charge in [0, 0.05) is 37.4 Å². The van der Waals surface area contributed by atoms with E-state index in [1.165, 1.54) is 13.0 Å². The molecule has 0 spiro atoms. The highest BCUT2D eigenvalue weighted by Gasteiger charge is 2.36. The zero-order valence-electron chi connectivity index (χ0n) is 26.5. The van der Waals surface area contributed by atoms with E-state index >= 15 is 4.39 Å². The molecule has 4 aromatic rings. The van der Waals surface area contributed by atoms with Gasteiger partial charge in [0.25, 0.3) is 5.56 Å². The van der Waals surface area contributed by atoms with Crippen molar-refractivity contribution in [2.24, 2.45) is 0 Å². The highest BCUT2D eigenvalue weighted by atomic mass is 19.4. The van der Waals surface area contributed by atoms with Crippen molar-refractivity contribution in [3.05, 3.63) is 121 Å². The van der Waals surface area contributed by atoms with Crippen LogP contribution in [-0.4, -0.2) is 57.8 Å². The third kappa shape index (κ3) is 8.10. The van der Waals surface area contributed by atoms with Gasteiger partial charge in [-0.25, -0.2) is 9.18 Å². The molecule has 1 saturated heterocycles. The number of nitrogens with one attached hydrogen (secondary N) is 1. The van der Waals surface area contributed by atoms with Crippen molar-refractivity contribution in [3.8, 4) is 0 Å². The van der Waals surface area contributed by atoms with Gasteiger partial charge in [-0.3, -0.25) is 28.9 Å². The van der Waals surface area contributed by atoms with Crippen molar-refractivity contribution < 1.29 is 45.1 Å². The molecule has 1 aliphatic rings. The smallest absolute Gasteiger partial charge is 0.449 e. The molecule has 17 heteroatoms. The first kappa shape index (κ1) is 36.4. The van der Waals surface area contributed by atoms with Crippen molar-refractivity contribution in [2.75, 3.05) is 37.6 Å². The number of nitrogens with zero attached hydrogens (tertiary/aromatic N) is 4. The summed E-state index contributed by atoms with van der Waals surface area (Å²) < 4.78 is 103. The molecule has 2 aromatic carbocycles. The van der Waals surface area contributed by atoms with Crippen LogP contribution in [0.1, 0.15) is 39.9 Å². The Morgan fingerprint density at radius 1 is 0.880 bits per heavy atom. The van der Waals surface area contributed by atoms with Gasteiger partial charge in [0.1, 0.15) is 17.3 Å². The minimum absolute atomic E-state index is 0.0308. The summed E-state index contributed by atoms with van der Waals surface area (Å²) in [7, 11) is 0. The number of carbonyl (C=O) groups is 1. The van der Waals surface area contributed by atoms with Gasteiger partial charge in [-0.2, -0.15) is 26.3 Å². The Morgan fingerprint density at radius 3 is 2.16 bits per heavy atom. The topological polar surface area (TPSA) is 113 Å². The molecular formula is C33H32F7N5O5. The lowest BCUT2D eigenvalue weighted by molar-refractivity contribution is -0.153. The van der Waals surface area contributed by atoms with Crippen LogP contribution in [0.15, 0.2) is 74.7 Å². The summed E-state index contributed by atoms with van der Waals surface area (Å²) >= 11 is 0. The maximum Gasteiger partial charge on any atom is 0.449 e. The standard InChI is InChI=1S/C33H32F7N5O5/c1-20-29(43-14-12-42(13-15-43)17-22-10-11-27(50-22)33(38,39)40)30(48)45(19-26(41-16-28(46)47)21-6-3-2-4-7-21)31(49)44(20)18-23-24(32(35,36)37)8-5-9-25(23)34/h2-11,26,41H,12-19H2,1H3,(H,46,47)/t26-/m0/s1. The zero-order chi connectivity index (χ0) is 36.4. The molecule has 0 unspecified atom stereocenters. The third-order valence-corrected chi connectivity index (χ3v) is 8.47. The third-order valence-electron chi connectivity index (χ3n) is 8.47. The fourth-order valence-electron chi connectivity index (χ4n) is 5.97. The number of aliphatic carboxylic acids is 1. The van der Waals surface area contributed by atoms with Crippen LogP contribution in [0.4, 0.5) is 36.4 Å². The van der Waals surface area contributed by atoms with Crippen LogP contribution >= 0.6 is 0 Å². The van der Waals surface area contributed by atoms with Crippen molar-refractivity contribution in [1.29, 1.82) is 0 Å². The second-order valence-corrected chi connectivity index (χ2v) is 11.7. The molecule has 1 atom stereocenters. The van der Waals surface area contributed by atoms with Gasteiger partial charge in [-0.05, 0) is 36.8 Å². The number of hydrogen-bond acceptors (Lipinski definition) is 7. The summed E-state index contributed by atoms with van der Waals surface area (Å²) in [5.41, 5.74) is -3.51. The van der Waals surface area contributed by atoms with E-state index in [2.05, 4.69) is 5.32 Å². The maximum absolute atomic E-state index is 15.0. The number of piperazine rings is 1. The molecule has 1 aliphatic heterocycles. The molecule has 50 heavy (non-hydrogen) atoms. The van der Waals surface area contributed by atoms with Crippen LogP contribution < -0.4 is 21.5 Å². The molecule has 0 bridgehead atoms. The number of alkyl halides is 6. The summed E-state index contributed by atoms with van der Waals surface area (Å²) in [6.45, 7) is 0.284. The Bertz CT molecular complexity index is 1950. The molecule has 0 saturated carbocycles. The van der Waals surface area contributed by atoms with Gasteiger partial charge in [-0.1, -0.05) is 36.4 Å². The largest absolute Gasteiger partial charge is 0.480 e. The number of furan rings is 1. The normalized spacial score (nSPS) is 15.0. The number of benzene rings is 2. The molecule has 0 radical (unpaired) electrons. The average molecular weight is 712 g/mol. The van der Waals surface area contributed by atoms with Gasteiger partial charge < -0.3 is 14.4 Å². The Kier molecular flexibility index (Phi) is 10.6. The van der Waals surface area contributed by atoms with E-state index in [0.717, 1.165) is 27.3 Å². The van der Waals surface area contributed by atoms with Gasteiger partial charge in [0.2, 0.25) is 5.76 Å². The first-order valence-corrected chi connectivity index (χ1v) is 15.4. The van der Waals surface area contributed by atoms with Crippen molar-refractivity contribution in [1.82, 2.24) is 19.4 Å². The van der Waals surface area contributed by atoms with Gasteiger partial charge >= 0.3 is 24.0 Å². The highest BCUT2D eigenvalue weighted by Crippen LogP contribution is 2.34. The Hall–Kier alpha value is -4.90. The zero-order valence-corrected chi connectivity index (χ0v) is 26.5. The van der Waals surface area contributed by atoms with E-state index in [1.807, 2.05) is 0 Å². The van der Waals surface area contributed by atoms with Crippen molar-refractivity contribution >= 4 is 11.7 Å². The molecule has 2 aromatic heterocycles. The first-order valence-electron chi connectivity index (χ1n) is 15.4. The molecule has 2 N–H and O–H groups in total. The molecule has 3 heterocycles. The highest BCUT2D eigenvalue weighted by molar-refractivity contribution is 5.69. The summed E-state index contributed by atoms with van der Waals surface area (Å²) in [6, 6.07) is 11.9. The summed E-state index contributed by atoms with van der Waals surface area (Å²) in [5.74, 6) is -3.50. The number of carboxylic acids is 1. The Labute approximate surface area is 280 Å². The molecular weight excluding hydrogens is 679 g/mol. The lowest BCUT2D eigenvalue weighted by Crippen LogP contribution is -2.51.